The van der Waals surface area contributed by atoms with Crippen molar-refractivity contribution in [3.05, 3.63) is 47.4 Å². The Morgan fingerprint density at radius 1 is 1.13 bits per heavy atom. The maximum absolute atomic E-state index is 12.9. The van der Waals surface area contributed by atoms with Gasteiger partial charge in [-0.25, -0.2) is 9.97 Å². The number of amides is 1. The average molecular weight is 410 g/mol. The molecule has 0 bridgehead atoms. The second-order valence-electron chi connectivity index (χ2n) is 8.49. The monoisotopic (exact) mass is 409 g/mol. The molecule has 1 aromatic carbocycles. The van der Waals surface area contributed by atoms with E-state index >= 15 is 0 Å². The van der Waals surface area contributed by atoms with Crippen molar-refractivity contribution < 1.29 is 4.79 Å². The fraction of sp³-hybridized carbons (Fsp3) is 0.542. The number of nitrogens with one attached hydrogen (secondary N) is 1. The van der Waals surface area contributed by atoms with Crippen molar-refractivity contribution in [1.82, 2.24) is 14.9 Å². The zero-order valence-electron chi connectivity index (χ0n) is 18.8. The van der Waals surface area contributed by atoms with Gasteiger partial charge in [-0.3, -0.25) is 4.79 Å². The number of aromatic nitrogens is 2. The van der Waals surface area contributed by atoms with Crippen molar-refractivity contribution in [2.24, 2.45) is 5.92 Å². The summed E-state index contributed by atoms with van der Waals surface area (Å²) in [6.45, 7) is 10.3. The third-order valence-corrected chi connectivity index (χ3v) is 5.48. The molecule has 0 aliphatic heterocycles. The van der Waals surface area contributed by atoms with E-state index in [0.717, 1.165) is 62.0 Å². The third kappa shape index (κ3) is 6.26. The number of benzene rings is 1. The molecule has 1 saturated carbocycles. The maximum atomic E-state index is 12.9. The van der Waals surface area contributed by atoms with E-state index in [1.807, 2.05) is 19.1 Å². The molecular weight excluding hydrogens is 374 g/mol. The van der Waals surface area contributed by atoms with Crippen LogP contribution in [-0.4, -0.2) is 47.5 Å². The van der Waals surface area contributed by atoms with E-state index in [1.54, 1.807) is 0 Å². The van der Waals surface area contributed by atoms with Gasteiger partial charge in [0.1, 0.15) is 17.8 Å². The van der Waals surface area contributed by atoms with Crippen molar-refractivity contribution in [3.8, 4) is 0 Å². The van der Waals surface area contributed by atoms with Gasteiger partial charge in [-0.2, -0.15) is 0 Å². The van der Waals surface area contributed by atoms with Crippen LogP contribution in [0.1, 0.15) is 61.1 Å². The number of carbonyl (C=O) groups excluding carboxylic acids is 1. The minimum Gasteiger partial charge on any atom is -0.356 e. The van der Waals surface area contributed by atoms with Gasteiger partial charge in [0.05, 0.1) is 0 Å². The highest BCUT2D eigenvalue weighted by molar-refractivity contribution is 6.03. The molecule has 0 saturated heterocycles. The molecule has 0 atom stereocenters. The van der Waals surface area contributed by atoms with E-state index in [4.69, 9.17) is 0 Å². The number of rotatable bonds is 11. The smallest absolute Gasteiger partial charge is 0.274 e. The number of hydrogen-bond donors (Lipinski definition) is 1. The average Bonchev–Trinajstić information content (AvgIpc) is 3.54. The minimum atomic E-state index is -0.194. The first-order valence-corrected chi connectivity index (χ1v) is 11.2. The zero-order valence-corrected chi connectivity index (χ0v) is 18.8. The fourth-order valence-electron chi connectivity index (χ4n) is 3.75. The molecular formula is C24H35N5O. The van der Waals surface area contributed by atoms with Gasteiger partial charge < -0.3 is 15.1 Å². The molecule has 6 heteroatoms. The van der Waals surface area contributed by atoms with Gasteiger partial charge in [0, 0.05) is 31.4 Å². The second-order valence-corrected chi connectivity index (χ2v) is 8.49. The summed E-state index contributed by atoms with van der Waals surface area (Å²) in [6.07, 6.45) is 6.28. The predicted molar refractivity (Wildman–Crippen MR) is 123 cm³/mol. The Morgan fingerprint density at radius 3 is 2.57 bits per heavy atom. The van der Waals surface area contributed by atoms with E-state index < -0.39 is 0 Å². The fourth-order valence-corrected chi connectivity index (χ4v) is 3.75. The van der Waals surface area contributed by atoms with Gasteiger partial charge >= 0.3 is 0 Å². The molecule has 0 unspecified atom stereocenters. The Kier molecular flexibility index (Phi) is 7.80. The molecule has 6 nitrogen and oxygen atoms in total. The maximum Gasteiger partial charge on any atom is 0.274 e. The predicted octanol–water partition coefficient (Wildman–Crippen LogP) is 4.51. The summed E-state index contributed by atoms with van der Waals surface area (Å²) >= 11 is 0. The van der Waals surface area contributed by atoms with Crippen LogP contribution in [0.2, 0.25) is 0 Å². The van der Waals surface area contributed by atoms with Crippen LogP contribution < -0.4 is 10.2 Å². The minimum absolute atomic E-state index is 0.194. The first-order valence-electron chi connectivity index (χ1n) is 11.2. The molecule has 1 fully saturated rings. The molecule has 1 heterocycles. The van der Waals surface area contributed by atoms with Crippen molar-refractivity contribution in [2.75, 3.05) is 36.9 Å². The standard InChI is InChI=1S/C24H35N5O/c1-5-11-28(4)15-20-9-10-21(18(3)13-20)27-24(30)22-14-23(26-17-25-22)29(12-6-2)16-19-7-8-19/h9-10,13-14,17,19H,5-8,11-12,15-16H2,1-4H3,(H,27,30). The molecule has 1 aromatic heterocycles. The molecule has 1 aliphatic carbocycles. The Labute approximate surface area is 180 Å². The van der Waals surface area contributed by atoms with E-state index in [1.165, 1.54) is 24.7 Å². The molecule has 1 amide bonds. The zero-order chi connectivity index (χ0) is 21.5. The number of aryl methyl sites for hydroxylation is 1. The van der Waals surface area contributed by atoms with Crippen molar-refractivity contribution in [3.63, 3.8) is 0 Å². The lowest BCUT2D eigenvalue weighted by molar-refractivity contribution is 0.102. The van der Waals surface area contributed by atoms with E-state index in [0.29, 0.717) is 5.69 Å². The largest absolute Gasteiger partial charge is 0.356 e. The van der Waals surface area contributed by atoms with Crippen LogP contribution in [0.3, 0.4) is 0 Å². The van der Waals surface area contributed by atoms with Gasteiger partial charge in [0.2, 0.25) is 0 Å². The molecule has 30 heavy (non-hydrogen) atoms. The van der Waals surface area contributed by atoms with Gasteiger partial charge in [-0.05, 0) is 69.3 Å². The number of carbonyl (C=O) groups is 1. The Balaban J connectivity index is 1.68. The summed E-state index contributed by atoms with van der Waals surface area (Å²) in [5, 5.41) is 3.02. The lowest BCUT2D eigenvalue weighted by Gasteiger charge is -2.23. The van der Waals surface area contributed by atoms with Gasteiger partial charge in [-0.1, -0.05) is 26.0 Å². The summed E-state index contributed by atoms with van der Waals surface area (Å²) in [5.74, 6) is 1.41. The summed E-state index contributed by atoms with van der Waals surface area (Å²) < 4.78 is 0. The van der Waals surface area contributed by atoms with Crippen LogP contribution in [-0.2, 0) is 6.54 Å². The SMILES string of the molecule is CCCN(C)Cc1ccc(NC(=O)c2cc(N(CCC)CC3CC3)ncn2)c(C)c1. The van der Waals surface area contributed by atoms with Crippen LogP contribution in [0.4, 0.5) is 11.5 Å². The summed E-state index contributed by atoms with van der Waals surface area (Å²) in [7, 11) is 2.13. The number of nitrogens with zero attached hydrogens (tertiary/aromatic N) is 4. The van der Waals surface area contributed by atoms with Crippen LogP contribution in [0.25, 0.3) is 0 Å². The lowest BCUT2D eigenvalue weighted by atomic mass is 10.1. The van der Waals surface area contributed by atoms with Crippen molar-refractivity contribution in [2.45, 2.75) is 53.0 Å². The van der Waals surface area contributed by atoms with E-state index in [9.17, 15) is 4.79 Å². The van der Waals surface area contributed by atoms with E-state index in [2.05, 4.69) is 58.1 Å². The second kappa shape index (κ2) is 10.5. The molecule has 1 N–H and O–H groups in total. The normalized spacial score (nSPS) is 13.5. The highest BCUT2D eigenvalue weighted by Crippen LogP contribution is 2.31. The van der Waals surface area contributed by atoms with Crippen LogP contribution >= 0.6 is 0 Å². The van der Waals surface area contributed by atoms with Crippen LogP contribution in [0.15, 0.2) is 30.6 Å². The summed E-state index contributed by atoms with van der Waals surface area (Å²) in [6, 6.07) is 8.03. The summed E-state index contributed by atoms with van der Waals surface area (Å²) in [5.41, 5.74) is 3.54. The Morgan fingerprint density at radius 2 is 1.90 bits per heavy atom. The quantitative estimate of drug-likeness (QED) is 0.592. The van der Waals surface area contributed by atoms with Gasteiger partial charge in [0.15, 0.2) is 0 Å². The van der Waals surface area contributed by atoms with E-state index in [-0.39, 0.29) is 5.91 Å². The summed E-state index contributed by atoms with van der Waals surface area (Å²) in [4.78, 5) is 26.1. The third-order valence-electron chi connectivity index (χ3n) is 5.48. The molecule has 3 rings (SSSR count). The first kappa shape index (κ1) is 22.2. The lowest BCUT2D eigenvalue weighted by Crippen LogP contribution is -2.28. The molecule has 162 valence electrons. The van der Waals surface area contributed by atoms with Crippen molar-refractivity contribution in [1.29, 1.82) is 0 Å². The highest BCUT2D eigenvalue weighted by Gasteiger charge is 2.25. The van der Waals surface area contributed by atoms with Crippen molar-refractivity contribution >= 4 is 17.4 Å². The molecule has 0 radical (unpaired) electrons. The van der Waals surface area contributed by atoms with Gasteiger partial charge in [-0.15, -0.1) is 0 Å². The molecule has 0 spiro atoms. The number of anilines is 2. The van der Waals surface area contributed by atoms with Gasteiger partial charge in [0.25, 0.3) is 5.91 Å². The molecule has 1 aliphatic rings. The number of hydrogen-bond acceptors (Lipinski definition) is 5. The Hall–Kier alpha value is -2.47. The molecule has 2 aromatic rings. The highest BCUT2D eigenvalue weighted by atomic mass is 16.1. The topological polar surface area (TPSA) is 61.4 Å². The first-order chi connectivity index (χ1) is 14.5. The Bertz CT molecular complexity index is 849. The van der Waals surface area contributed by atoms with Crippen LogP contribution in [0.5, 0.6) is 0 Å². The van der Waals surface area contributed by atoms with Crippen LogP contribution in [0, 0.1) is 12.8 Å².